The zero-order valence-electron chi connectivity index (χ0n) is 16.8. The van der Waals surface area contributed by atoms with Gasteiger partial charge >= 0.3 is 12.0 Å². The number of thiophene rings is 2. The number of ether oxygens (including phenoxy) is 1. The van der Waals surface area contributed by atoms with Crippen molar-refractivity contribution in [2.45, 2.75) is 0 Å². The van der Waals surface area contributed by atoms with Gasteiger partial charge in [-0.2, -0.15) is 0 Å². The Hall–Kier alpha value is -3.76. The molecular formula is C22H19N3O5S2. The highest BCUT2D eigenvalue weighted by Crippen LogP contribution is 2.36. The Bertz CT molecular complexity index is 1120. The summed E-state index contributed by atoms with van der Waals surface area (Å²) in [5.41, 5.74) is 1.45. The summed E-state index contributed by atoms with van der Waals surface area (Å²) < 4.78 is 5.14. The summed E-state index contributed by atoms with van der Waals surface area (Å²) in [5.74, 6) is -1.94. The number of esters is 1. The van der Waals surface area contributed by atoms with Gasteiger partial charge in [0.15, 0.2) is 6.61 Å². The van der Waals surface area contributed by atoms with E-state index in [0.717, 1.165) is 5.56 Å². The number of urea groups is 1. The van der Waals surface area contributed by atoms with Crippen LogP contribution in [-0.2, 0) is 9.53 Å². The lowest BCUT2D eigenvalue weighted by Gasteiger charge is -2.10. The normalized spacial score (nSPS) is 10.1. The Morgan fingerprint density at radius 2 is 1.81 bits per heavy atom. The number of carbonyl (C=O) groups is 4. The predicted molar refractivity (Wildman–Crippen MR) is 124 cm³/mol. The van der Waals surface area contributed by atoms with Crippen molar-refractivity contribution in [1.29, 1.82) is 0 Å². The van der Waals surface area contributed by atoms with E-state index in [1.54, 1.807) is 22.9 Å². The van der Waals surface area contributed by atoms with Crippen molar-refractivity contribution in [2.75, 3.05) is 18.5 Å². The van der Waals surface area contributed by atoms with Crippen LogP contribution in [-0.4, -0.2) is 37.0 Å². The summed E-state index contributed by atoms with van der Waals surface area (Å²) in [6, 6.07) is 11.8. The molecule has 1 aromatic carbocycles. The third kappa shape index (κ3) is 5.90. The zero-order valence-corrected chi connectivity index (χ0v) is 18.4. The molecule has 3 N–H and O–H groups in total. The molecule has 32 heavy (non-hydrogen) atoms. The Labute approximate surface area is 191 Å². The second-order valence-corrected chi connectivity index (χ2v) is 8.10. The van der Waals surface area contributed by atoms with Crippen molar-refractivity contribution in [2.24, 2.45) is 0 Å². The van der Waals surface area contributed by atoms with E-state index in [-0.39, 0.29) is 18.0 Å². The molecule has 4 amide bonds. The van der Waals surface area contributed by atoms with Gasteiger partial charge in [0.2, 0.25) is 0 Å². The highest BCUT2D eigenvalue weighted by Gasteiger charge is 2.24. The molecule has 0 aliphatic carbocycles. The number of anilines is 1. The van der Waals surface area contributed by atoms with Gasteiger partial charge in [0.05, 0.1) is 4.88 Å². The van der Waals surface area contributed by atoms with Gasteiger partial charge in [0.1, 0.15) is 10.6 Å². The van der Waals surface area contributed by atoms with Gasteiger partial charge in [-0.3, -0.25) is 14.9 Å². The van der Waals surface area contributed by atoms with Crippen molar-refractivity contribution in [3.05, 3.63) is 76.3 Å². The maximum atomic E-state index is 12.9. The molecule has 0 saturated heterocycles. The number of hydrogen-bond acceptors (Lipinski definition) is 7. The summed E-state index contributed by atoms with van der Waals surface area (Å²) in [6.07, 6.45) is 1.46. The van der Waals surface area contributed by atoms with E-state index in [1.807, 2.05) is 35.6 Å². The van der Waals surface area contributed by atoms with Crippen LogP contribution in [0.3, 0.4) is 0 Å². The molecule has 0 bridgehead atoms. The molecule has 10 heteroatoms. The van der Waals surface area contributed by atoms with E-state index >= 15 is 0 Å². The molecule has 0 aliphatic rings. The van der Waals surface area contributed by atoms with E-state index in [0.29, 0.717) is 15.4 Å². The molecule has 3 aromatic rings. The minimum Gasteiger partial charge on any atom is -0.452 e. The first-order chi connectivity index (χ1) is 15.5. The molecule has 0 fully saturated rings. The van der Waals surface area contributed by atoms with Crippen molar-refractivity contribution >= 4 is 51.5 Å². The molecule has 0 aliphatic heterocycles. The lowest BCUT2D eigenvalue weighted by Crippen LogP contribution is -2.41. The highest BCUT2D eigenvalue weighted by molar-refractivity contribution is 7.15. The lowest BCUT2D eigenvalue weighted by molar-refractivity contribution is -0.123. The van der Waals surface area contributed by atoms with Gasteiger partial charge in [-0.25, -0.2) is 9.59 Å². The van der Waals surface area contributed by atoms with Crippen LogP contribution in [0.2, 0.25) is 0 Å². The number of nitrogens with one attached hydrogen (secondary N) is 3. The minimum absolute atomic E-state index is 0.134. The number of imide groups is 1. The average molecular weight is 470 g/mol. The van der Waals surface area contributed by atoms with E-state index in [2.05, 4.69) is 17.2 Å². The summed E-state index contributed by atoms with van der Waals surface area (Å²) in [7, 11) is 0. The fourth-order valence-corrected chi connectivity index (χ4v) is 4.20. The molecule has 3 rings (SSSR count). The molecule has 8 nitrogen and oxygen atoms in total. The van der Waals surface area contributed by atoms with Gasteiger partial charge < -0.3 is 15.4 Å². The third-order valence-electron chi connectivity index (χ3n) is 4.05. The molecule has 0 spiro atoms. The number of hydrogen-bond donors (Lipinski definition) is 3. The number of benzene rings is 1. The SMILES string of the molecule is C=CCNC(=O)NC(=O)COC(=O)c1c(-c2ccccc2)csc1NC(=O)c1cccs1. The number of amides is 4. The van der Waals surface area contributed by atoms with Crippen LogP contribution >= 0.6 is 22.7 Å². The highest BCUT2D eigenvalue weighted by atomic mass is 32.1. The lowest BCUT2D eigenvalue weighted by atomic mass is 10.0. The fourth-order valence-electron chi connectivity index (χ4n) is 2.63. The maximum absolute atomic E-state index is 12.9. The zero-order chi connectivity index (χ0) is 22.9. The van der Waals surface area contributed by atoms with Crippen LogP contribution in [0.15, 0.2) is 65.9 Å². The monoisotopic (exact) mass is 469 g/mol. The standard InChI is InChI=1S/C22H19N3O5S2/c1-2-10-23-22(29)24-17(26)12-30-21(28)18-15(14-7-4-3-5-8-14)13-32-20(18)25-19(27)16-9-6-11-31-16/h2-9,11,13H,1,10,12H2,(H,25,27)(H2,23,24,26,29). The molecule has 0 unspecified atom stereocenters. The van der Waals surface area contributed by atoms with Gasteiger partial charge in [0.25, 0.3) is 11.8 Å². The molecule has 0 radical (unpaired) electrons. The van der Waals surface area contributed by atoms with Gasteiger partial charge in [0, 0.05) is 17.5 Å². The summed E-state index contributed by atoms with van der Waals surface area (Å²) in [6.45, 7) is 2.97. The molecule has 0 saturated carbocycles. The molecule has 2 aromatic heterocycles. The second-order valence-electron chi connectivity index (χ2n) is 6.27. The van der Waals surface area contributed by atoms with Crippen molar-refractivity contribution < 1.29 is 23.9 Å². The van der Waals surface area contributed by atoms with Crippen LogP contribution in [0.1, 0.15) is 20.0 Å². The molecule has 2 heterocycles. The summed E-state index contributed by atoms with van der Waals surface area (Å²) in [5, 5.41) is 11.0. The largest absolute Gasteiger partial charge is 0.452 e. The van der Waals surface area contributed by atoms with Crippen molar-refractivity contribution in [3.8, 4) is 11.1 Å². The van der Waals surface area contributed by atoms with Crippen molar-refractivity contribution in [1.82, 2.24) is 10.6 Å². The van der Waals surface area contributed by atoms with Crippen LogP contribution in [0.4, 0.5) is 9.80 Å². The molecular weight excluding hydrogens is 450 g/mol. The molecule has 164 valence electrons. The maximum Gasteiger partial charge on any atom is 0.342 e. The fraction of sp³-hybridized carbons (Fsp3) is 0.0909. The smallest absolute Gasteiger partial charge is 0.342 e. The quantitative estimate of drug-likeness (QED) is 0.342. The average Bonchev–Trinajstić information content (AvgIpc) is 3.47. The Balaban J connectivity index is 1.77. The Kier molecular flexibility index (Phi) is 7.90. The van der Waals surface area contributed by atoms with E-state index in [9.17, 15) is 19.2 Å². The topological polar surface area (TPSA) is 114 Å². The first-order valence-corrected chi connectivity index (χ1v) is 11.1. The summed E-state index contributed by atoms with van der Waals surface area (Å²) >= 11 is 2.45. The van der Waals surface area contributed by atoms with Crippen LogP contribution < -0.4 is 16.0 Å². The first kappa shape index (κ1) is 22.9. The summed E-state index contributed by atoms with van der Waals surface area (Å²) in [4.78, 5) is 49.3. The second kappa shape index (κ2) is 11.0. The van der Waals surface area contributed by atoms with Crippen LogP contribution in [0, 0.1) is 0 Å². The Morgan fingerprint density at radius 3 is 2.50 bits per heavy atom. The number of rotatable bonds is 8. The van der Waals surface area contributed by atoms with Crippen LogP contribution in [0.25, 0.3) is 11.1 Å². The van der Waals surface area contributed by atoms with Gasteiger partial charge in [-0.05, 0) is 17.0 Å². The van der Waals surface area contributed by atoms with Gasteiger partial charge in [-0.15, -0.1) is 29.3 Å². The predicted octanol–water partition coefficient (Wildman–Crippen LogP) is 3.90. The van der Waals surface area contributed by atoms with E-state index in [4.69, 9.17) is 4.74 Å². The number of carbonyl (C=O) groups excluding carboxylic acids is 4. The van der Waals surface area contributed by atoms with Crippen LogP contribution in [0.5, 0.6) is 0 Å². The van der Waals surface area contributed by atoms with E-state index < -0.39 is 24.5 Å². The van der Waals surface area contributed by atoms with E-state index in [1.165, 1.54) is 28.7 Å². The minimum atomic E-state index is -0.798. The van der Waals surface area contributed by atoms with Crippen molar-refractivity contribution in [3.63, 3.8) is 0 Å². The Morgan fingerprint density at radius 1 is 1.03 bits per heavy atom. The molecule has 0 atom stereocenters. The third-order valence-corrected chi connectivity index (χ3v) is 5.81. The van der Waals surface area contributed by atoms with Gasteiger partial charge in [-0.1, -0.05) is 42.5 Å². The first-order valence-electron chi connectivity index (χ1n) is 9.37.